The topological polar surface area (TPSA) is 52.1 Å². The van der Waals surface area contributed by atoms with E-state index in [9.17, 15) is 4.79 Å². The van der Waals surface area contributed by atoms with Crippen LogP contribution in [0.15, 0.2) is 17.0 Å². The summed E-state index contributed by atoms with van der Waals surface area (Å²) in [6.45, 7) is 2.13. The van der Waals surface area contributed by atoms with Crippen LogP contribution in [0.5, 0.6) is 0 Å². The first kappa shape index (κ1) is 11.7. The molecule has 0 aromatic carbocycles. The number of carbonyl (C=O) groups excluding carboxylic acids is 1. The Morgan fingerprint density at radius 1 is 1.53 bits per heavy atom. The summed E-state index contributed by atoms with van der Waals surface area (Å²) in [7, 11) is 0. The van der Waals surface area contributed by atoms with Crippen molar-refractivity contribution in [3.8, 4) is 11.8 Å². The molecule has 0 aliphatic rings. The van der Waals surface area contributed by atoms with Gasteiger partial charge in [0.05, 0.1) is 19.0 Å². The molecule has 0 bridgehead atoms. The number of aromatic nitrogens is 2. The molecule has 0 aliphatic carbocycles. The molecule has 1 rings (SSSR count). The van der Waals surface area contributed by atoms with Crippen LogP contribution in [0.2, 0.25) is 0 Å². The van der Waals surface area contributed by atoms with Crippen molar-refractivity contribution < 1.29 is 9.53 Å². The van der Waals surface area contributed by atoms with Gasteiger partial charge >= 0.3 is 5.97 Å². The predicted octanol–water partition coefficient (Wildman–Crippen LogP) is 1.54. The fourth-order valence-corrected chi connectivity index (χ4v) is 1.00. The van der Waals surface area contributed by atoms with E-state index in [0.29, 0.717) is 16.9 Å². The number of esters is 1. The molecule has 4 nitrogen and oxygen atoms in total. The minimum Gasteiger partial charge on any atom is -0.465 e. The molecule has 0 atom stereocenters. The highest BCUT2D eigenvalue weighted by Gasteiger charge is 1.96. The SMILES string of the molecule is CCOC(=O)CC#Cc1cnc(Br)cn1. The van der Waals surface area contributed by atoms with Crippen LogP contribution in [-0.4, -0.2) is 22.5 Å². The van der Waals surface area contributed by atoms with E-state index >= 15 is 0 Å². The van der Waals surface area contributed by atoms with E-state index in [4.69, 9.17) is 4.74 Å². The molecule has 0 N–H and O–H groups in total. The van der Waals surface area contributed by atoms with Crippen molar-refractivity contribution in [1.82, 2.24) is 9.97 Å². The van der Waals surface area contributed by atoms with Gasteiger partial charge in [0.25, 0.3) is 0 Å². The van der Waals surface area contributed by atoms with Gasteiger partial charge in [-0.3, -0.25) is 4.79 Å². The molecule has 0 saturated carbocycles. The van der Waals surface area contributed by atoms with Crippen molar-refractivity contribution in [3.63, 3.8) is 0 Å². The number of ether oxygens (including phenoxy) is 1. The van der Waals surface area contributed by atoms with Gasteiger partial charge in [0.2, 0.25) is 0 Å². The quantitative estimate of drug-likeness (QED) is 0.603. The molecule has 0 spiro atoms. The molecule has 78 valence electrons. The molecular weight excluding hydrogens is 260 g/mol. The average molecular weight is 269 g/mol. The van der Waals surface area contributed by atoms with Crippen molar-refractivity contribution in [2.75, 3.05) is 6.61 Å². The summed E-state index contributed by atoms with van der Waals surface area (Å²) in [4.78, 5) is 18.9. The summed E-state index contributed by atoms with van der Waals surface area (Å²) in [5.41, 5.74) is 0.530. The van der Waals surface area contributed by atoms with Gasteiger partial charge < -0.3 is 4.74 Å². The van der Waals surface area contributed by atoms with Gasteiger partial charge in [-0.2, -0.15) is 0 Å². The minimum absolute atomic E-state index is 0.0750. The van der Waals surface area contributed by atoms with E-state index in [1.165, 1.54) is 6.20 Å². The lowest BCUT2D eigenvalue weighted by atomic mass is 10.4. The van der Waals surface area contributed by atoms with Crippen LogP contribution in [0.4, 0.5) is 0 Å². The highest BCUT2D eigenvalue weighted by Crippen LogP contribution is 2.01. The highest BCUT2D eigenvalue weighted by molar-refractivity contribution is 9.10. The Morgan fingerprint density at radius 2 is 2.33 bits per heavy atom. The molecule has 0 amide bonds. The second kappa shape index (κ2) is 6.14. The number of rotatable bonds is 2. The fraction of sp³-hybridized carbons (Fsp3) is 0.300. The maximum absolute atomic E-state index is 10.9. The standard InChI is InChI=1S/C10H9BrN2O2/c1-2-15-10(14)5-3-4-8-6-13-9(11)7-12-8/h6-7H,2,5H2,1H3. The zero-order valence-corrected chi connectivity index (χ0v) is 9.74. The van der Waals surface area contributed by atoms with Crippen molar-refractivity contribution >= 4 is 21.9 Å². The third kappa shape index (κ3) is 4.56. The molecule has 15 heavy (non-hydrogen) atoms. The zero-order valence-electron chi connectivity index (χ0n) is 8.16. The third-order valence-electron chi connectivity index (χ3n) is 1.37. The van der Waals surface area contributed by atoms with Crippen molar-refractivity contribution in [2.45, 2.75) is 13.3 Å². The van der Waals surface area contributed by atoms with E-state index in [1.54, 1.807) is 13.1 Å². The summed E-state index contributed by atoms with van der Waals surface area (Å²) in [5.74, 6) is 5.06. The Bertz CT molecular complexity index is 392. The van der Waals surface area contributed by atoms with Crippen LogP contribution < -0.4 is 0 Å². The summed E-state index contributed by atoms with van der Waals surface area (Å²) >= 11 is 3.16. The van der Waals surface area contributed by atoms with Gasteiger partial charge in [0.1, 0.15) is 16.7 Å². The lowest BCUT2D eigenvalue weighted by molar-refractivity contribution is -0.141. The summed E-state index contributed by atoms with van der Waals surface area (Å²) in [5, 5.41) is 0. The third-order valence-corrected chi connectivity index (χ3v) is 1.78. The Balaban J connectivity index is 2.51. The molecule has 1 heterocycles. The maximum Gasteiger partial charge on any atom is 0.317 e. The lowest BCUT2D eigenvalue weighted by Crippen LogP contribution is -2.01. The minimum atomic E-state index is -0.324. The lowest BCUT2D eigenvalue weighted by Gasteiger charge is -1.94. The zero-order chi connectivity index (χ0) is 11.1. The van der Waals surface area contributed by atoms with E-state index < -0.39 is 0 Å². The van der Waals surface area contributed by atoms with Crippen LogP contribution in [-0.2, 0) is 9.53 Å². The van der Waals surface area contributed by atoms with E-state index in [1.807, 2.05) is 0 Å². The monoisotopic (exact) mass is 268 g/mol. The van der Waals surface area contributed by atoms with Gasteiger partial charge in [0.15, 0.2) is 0 Å². The largest absolute Gasteiger partial charge is 0.465 e. The predicted molar refractivity (Wildman–Crippen MR) is 57.9 cm³/mol. The highest BCUT2D eigenvalue weighted by atomic mass is 79.9. The average Bonchev–Trinajstić information content (AvgIpc) is 2.21. The molecule has 0 saturated heterocycles. The molecule has 0 radical (unpaired) electrons. The van der Waals surface area contributed by atoms with E-state index in [-0.39, 0.29) is 12.4 Å². The first-order chi connectivity index (χ1) is 7.22. The van der Waals surface area contributed by atoms with E-state index in [0.717, 1.165) is 0 Å². The molecule has 0 aliphatic heterocycles. The van der Waals surface area contributed by atoms with Crippen molar-refractivity contribution in [2.24, 2.45) is 0 Å². The van der Waals surface area contributed by atoms with Crippen LogP contribution in [0, 0.1) is 11.8 Å². The van der Waals surface area contributed by atoms with Crippen LogP contribution >= 0.6 is 15.9 Å². The molecule has 1 aromatic rings. The van der Waals surface area contributed by atoms with Gasteiger partial charge in [-0.1, -0.05) is 5.92 Å². The molecule has 5 heteroatoms. The number of carbonyl (C=O) groups is 1. The van der Waals surface area contributed by atoms with Crippen molar-refractivity contribution in [1.29, 1.82) is 0 Å². The number of nitrogens with zero attached hydrogens (tertiary/aromatic N) is 2. The Hall–Kier alpha value is -1.41. The van der Waals surface area contributed by atoms with Crippen LogP contribution in [0.1, 0.15) is 19.0 Å². The second-order valence-corrected chi connectivity index (χ2v) is 3.32. The fourth-order valence-electron chi connectivity index (χ4n) is 0.796. The Kier molecular flexibility index (Phi) is 4.78. The maximum atomic E-state index is 10.9. The second-order valence-electron chi connectivity index (χ2n) is 2.51. The Labute approximate surface area is 96.2 Å². The first-order valence-electron chi connectivity index (χ1n) is 4.34. The molecule has 0 unspecified atom stereocenters. The normalized spacial score (nSPS) is 8.93. The summed E-state index contributed by atoms with van der Waals surface area (Å²) in [6.07, 6.45) is 3.15. The summed E-state index contributed by atoms with van der Waals surface area (Å²) in [6, 6.07) is 0. The van der Waals surface area contributed by atoms with Gasteiger partial charge in [-0.05, 0) is 28.8 Å². The van der Waals surface area contributed by atoms with Gasteiger partial charge in [-0.15, -0.1) is 0 Å². The number of halogens is 1. The van der Waals surface area contributed by atoms with Gasteiger partial charge in [-0.25, -0.2) is 9.97 Å². The molecular formula is C10H9BrN2O2. The van der Waals surface area contributed by atoms with Crippen LogP contribution in [0.3, 0.4) is 0 Å². The number of hydrogen-bond donors (Lipinski definition) is 0. The first-order valence-corrected chi connectivity index (χ1v) is 5.13. The summed E-state index contributed by atoms with van der Waals surface area (Å²) < 4.78 is 5.37. The number of hydrogen-bond acceptors (Lipinski definition) is 4. The van der Waals surface area contributed by atoms with E-state index in [2.05, 4.69) is 37.7 Å². The smallest absolute Gasteiger partial charge is 0.317 e. The Morgan fingerprint density at radius 3 is 2.93 bits per heavy atom. The molecule has 1 aromatic heterocycles. The van der Waals surface area contributed by atoms with Gasteiger partial charge in [0, 0.05) is 0 Å². The van der Waals surface area contributed by atoms with Crippen molar-refractivity contribution in [3.05, 3.63) is 22.7 Å². The van der Waals surface area contributed by atoms with Crippen LogP contribution in [0.25, 0.3) is 0 Å². The molecule has 0 fully saturated rings.